The SMILES string of the molecule is Cc1cccc(Oc2nn(C)cc2N)c1C. The molecule has 4 nitrogen and oxygen atoms in total. The van der Waals surface area contributed by atoms with Gasteiger partial charge in [0.1, 0.15) is 11.4 Å². The highest BCUT2D eigenvalue weighted by molar-refractivity contribution is 5.49. The lowest BCUT2D eigenvalue weighted by Crippen LogP contribution is -1.94. The summed E-state index contributed by atoms with van der Waals surface area (Å²) >= 11 is 0. The third kappa shape index (κ3) is 1.86. The first-order chi connectivity index (χ1) is 7.58. The molecule has 0 spiro atoms. The average molecular weight is 217 g/mol. The van der Waals surface area contributed by atoms with Crippen LogP contribution in [0.1, 0.15) is 11.1 Å². The van der Waals surface area contributed by atoms with Crippen LogP contribution < -0.4 is 10.5 Å². The Bertz CT molecular complexity index is 517. The summed E-state index contributed by atoms with van der Waals surface area (Å²) in [5.41, 5.74) is 8.61. The largest absolute Gasteiger partial charge is 0.436 e. The summed E-state index contributed by atoms with van der Waals surface area (Å²) in [5.74, 6) is 1.25. The van der Waals surface area contributed by atoms with Crippen LogP contribution in [0.15, 0.2) is 24.4 Å². The summed E-state index contributed by atoms with van der Waals surface area (Å²) < 4.78 is 7.32. The fourth-order valence-corrected chi connectivity index (χ4v) is 1.50. The van der Waals surface area contributed by atoms with Gasteiger partial charge in [0.2, 0.25) is 0 Å². The number of rotatable bonds is 2. The minimum absolute atomic E-state index is 0.455. The zero-order chi connectivity index (χ0) is 11.7. The van der Waals surface area contributed by atoms with Crippen molar-refractivity contribution < 1.29 is 4.74 Å². The van der Waals surface area contributed by atoms with E-state index in [1.165, 1.54) is 5.56 Å². The molecule has 2 rings (SSSR count). The molecule has 0 unspecified atom stereocenters. The number of benzene rings is 1. The molecular weight excluding hydrogens is 202 g/mol. The molecule has 0 radical (unpaired) electrons. The summed E-state index contributed by atoms with van der Waals surface area (Å²) in [5, 5.41) is 4.15. The second-order valence-electron chi connectivity index (χ2n) is 3.86. The van der Waals surface area contributed by atoms with Crippen molar-refractivity contribution in [3.63, 3.8) is 0 Å². The molecule has 2 aromatic rings. The van der Waals surface area contributed by atoms with E-state index in [1.807, 2.05) is 39.1 Å². The van der Waals surface area contributed by atoms with Crippen LogP contribution in [0.4, 0.5) is 5.69 Å². The first-order valence-electron chi connectivity index (χ1n) is 5.11. The van der Waals surface area contributed by atoms with Gasteiger partial charge in [-0.25, -0.2) is 0 Å². The Balaban J connectivity index is 2.34. The highest BCUT2D eigenvalue weighted by Gasteiger charge is 2.09. The van der Waals surface area contributed by atoms with Gasteiger partial charge < -0.3 is 10.5 Å². The molecule has 84 valence electrons. The Morgan fingerprint density at radius 1 is 1.31 bits per heavy atom. The number of anilines is 1. The molecule has 16 heavy (non-hydrogen) atoms. The lowest BCUT2D eigenvalue weighted by molar-refractivity contribution is 0.452. The second kappa shape index (κ2) is 3.89. The molecule has 0 saturated carbocycles. The van der Waals surface area contributed by atoms with Crippen molar-refractivity contribution in [2.24, 2.45) is 7.05 Å². The molecule has 4 heteroatoms. The monoisotopic (exact) mass is 217 g/mol. The summed E-state index contributed by atoms with van der Waals surface area (Å²) in [6.07, 6.45) is 1.72. The third-order valence-corrected chi connectivity index (χ3v) is 2.58. The summed E-state index contributed by atoms with van der Waals surface area (Å²) in [6, 6.07) is 5.91. The molecule has 2 N–H and O–H groups in total. The van der Waals surface area contributed by atoms with E-state index in [0.29, 0.717) is 11.6 Å². The highest BCUT2D eigenvalue weighted by Crippen LogP contribution is 2.28. The van der Waals surface area contributed by atoms with Crippen LogP contribution in [-0.4, -0.2) is 9.78 Å². The summed E-state index contributed by atoms with van der Waals surface area (Å²) in [4.78, 5) is 0. The van der Waals surface area contributed by atoms with Gasteiger partial charge in [-0.3, -0.25) is 4.68 Å². The average Bonchev–Trinajstić information content (AvgIpc) is 2.53. The van der Waals surface area contributed by atoms with Gasteiger partial charge in [-0.05, 0) is 31.0 Å². The Morgan fingerprint density at radius 2 is 2.06 bits per heavy atom. The number of nitrogens with zero attached hydrogens (tertiary/aromatic N) is 2. The van der Waals surface area contributed by atoms with E-state index in [4.69, 9.17) is 10.5 Å². The van der Waals surface area contributed by atoms with Crippen LogP contribution in [0.5, 0.6) is 11.6 Å². The lowest BCUT2D eigenvalue weighted by Gasteiger charge is -2.08. The number of nitrogens with two attached hydrogens (primary N) is 1. The number of ether oxygens (including phenoxy) is 1. The van der Waals surface area contributed by atoms with Crippen molar-refractivity contribution in [3.8, 4) is 11.6 Å². The lowest BCUT2D eigenvalue weighted by atomic mass is 10.1. The van der Waals surface area contributed by atoms with Crippen molar-refractivity contribution in [2.75, 3.05) is 5.73 Å². The first kappa shape index (κ1) is 10.5. The van der Waals surface area contributed by atoms with E-state index in [2.05, 4.69) is 5.10 Å². The Hall–Kier alpha value is -1.97. The Morgan fingerprint density at radius 3 is 2.69 bits per heavy atom. The van der Waals surface area contributed by atoms with E-state index in [0.717, 1.165) is 11.3 Å². The second-order valence-corrected chi connectivity index (χ2v) is 3.86. The molecule has 0 saturated heterocycles. The maximum absolute atomic E-state index is 5.77. The zero-order valence-corrected chi connectivity index (χ0v) is 9.69. The molecule has 0 amide bonds. The predicted octanol–water partition coefficient (Wildman–Crippen LogP) is 2.41. The molecule has 1 heterocycles. The van der Waals surface area contributed by atoms with Crippen LogP contribution in [0.3, 0.4) is 0 Å². The van der Waals surface area contributed by atoms with Crippen molar-refractivity contribution in [2.45, 2.75) is 13.8 Å². The molecule has 0 aliphatic carbocycles. The van der Waals surface area contributed by atoms with Crippen LogP contribution >= 0.6 is 0 Å². The smallest absolute Gasteiger partial charge is 0.261 e. The van der Waals surface area contributed by atoms with Crippen molar-refractivity contribution in [1.29, 1.82) is 0 Å². The molecule has 0 fully saturated rings. The van der Waals surface area contributed by atoms with E-state index in [9.17, 15) is 0 Å². The minimum atomic E-state index is 0.455. The Kier molecular flexibility index (Phi) is 2.56. The Labute approximate surface area is 94.6 Å². The minimum Gasteiger partial charge on any atom is -0.436 e. The maximum atomic E-state index is 5.77. The topological polar surface area (TPSA) is 53.1 Å². The third-order valence-electron chi connectivity index (χ3n) is 2.58. The van der Waals surface area contributed by atoms with Crippen molar-refractivity contribution >= 4 is 5.69 Å². The predicted molar refractivity (Wildman–Crippen MR) is 63.6 cm³/mol. The summed E-state index contributed by atoms with van der Waals surface area (Å²) in [6.45, 7) is 4.06. The quantitative estimate of drug-likeness (QED) is 0.840. The van der Waals surface area contributed by atoms with Gasteiger partial charge in [-0.1, -0.05) is 12.1 Å². The van der Waals surface area contributed by atoms with Crippen LogP contribution in [0.2, 0.25) is 0 Å². The number of hydrogen-bond acceptors (Lipinski definition) is 3. The van der Waals surface area contributed by atoms with Gasteiger partial charge in [0.05, 0.1) is 6.20 Å². The van der Waals surface area contributed by atoms with E-state index in [1.54, 1.807) is 10.9 Å². The van der Waals surface area contributed by atoms with Gasteiger partial charge in [-0.15, -0.1) is 5.10 Å². The standard InChI is InChI=1S/C12H15N3O/c1-8-5-4-6-11(9(8)2)16-12-10(13)7-15(3)14-12/h4-7H,13H2,1-3H3. The molecule has 0 aliphatic heterocycles. The van der Waals surface area contributed by atoms with E-state index in [-0.39, 0.29) is 0 Å². The molecule has 0 atom stereocenters. The molecular formula is C12H15N3O. The van der Waals surface area contributed by atoms with Gasteiger partial charge in [0, 0.05) is 7.05 Å². The van der Waals surface area contributed by atoms with Crippen LogP contribution in [0, 0.1) is 13.8 Å². The van der Waals surface area contributed by atoms with Crippen LogP contribution in [-0.2, 0) is 7.05 Å². The molecule has 0 bridgehead atoms. The number of hydrogen-bond donors (Lipinski definition) is 1. The fraction of sp³-hybridized carbons (Fsp3) is 0.250. The molecule has 1 aromatic heterocycles. The first-order valence-corrected chi connectivity index (χ1v) is 5.11. The fourth-order valence-electron chi connectivity index (χ4n) is 1.50. The van der Waals surface area contributed by atoms with Gasteiger partial charge in [0.15, 0.2) is 0 Å². The molecule has 1 aromatic carbocycles. The van der Waals surface area contributed by atoms with Crippen LogP contribution in [0.25, 0.3) is 0 Å². The number of aryl methyl sites for hydroxylation is 2. The van der Waals surface area contributed by atoms with Gasteiger partial charge in [0.25, 0.3) is 5.88 Å². The van der Waals surface area contributed by atoms with E-state index >= 15 is 0 Å². The van der Waals surface area contributed by atoms with Crippen molar-refractivity contribution in [3.05, 3.63) is 35.5 Å². The number of aromatic nitrogens is 2. The van der Waals surface area contributed by atoms with Crippen molar-refractivity contribution in [1.82, 2.24) is 9.78 Å². The molecule has 0 aliphatic rings. The summed E-state index contributed by atoms with van der Waals surface area (Å²) in [7, 11) is 1.81. The normalized spacial score (nSPS) is 10.4. The van der Waals surface area contributed by atoms with E-state index < -0.39 is 0 Å². The van der Waals surface area contributed by atoms with Gasteiger partial charge in [-0.2, -0.15) is 0 Å². The highest BCUT2D eigenvalue weighted by atomic mass is 16.5. The zero-order valence-electron chi connectivity index (χ0n) is 9.69. The van der Waals surface area contributed by atoms with Gasteiger partial charge >= 0.3 is 0 Å². The maximum Gasteiger partial charge on any atom is 0.261 e. The number of nitrogen functional groups attached to an aromatic ring is 1.